The fourth-order valence-electron chi connectivity index (χ4n) is 3.94. The molecule has 0 radical (unpaired) electrons. The summed E-state index contributed by atoms with van der Waals surface area (Å²) in [5, 5.41) is 12.6. The topological polar surface area (TPSA) is 78.9 Å². The Balaban J connectivity index is 1.65. The third-order valence-electron chi connectivity index (χ3n) is 4.87. The van der Waals surface area contributed by atoms with Crippen LogP contribution in [0.5, 0.6) is 0 Å². The van der Waals surface area contributed by atoms with E-state index in [-0.39, 0.29) is 24.3 Å². The van der Waals surface area contributed by atoms with Gasteiger partial charge in [0, 0.05) is 19.6 Å². The van der Waals surface area contributed by atoms with Gasteiger partial charge in [-0.05, 0) is 24.7 Å². The molecule has 3 fully saturated rings. The van der Waals surface area contributed by atoms with Crippen molar-refractivity contribution in [3.05, 3.63) is 0 Å². The standard InChI is InChI=1S/C14H22N2O4/c17-12(6-10-7-15-4-5-20-10)16-8-9-2-1-3-11(9)13(16)14(18)19/h9-11,13,15H,1-8H2,(H,18,19). The maximum Gasteiger partial charge on any atom is 0.326 e. The zero-order valence-electron chi connectivity index (χ0n) is 11.6. The average Bonchev–Trinajstić information content (AvgIpc) is 2.98. The van der Waals surface area contributed by atoms with Crippen LogP contribution >= 0.6 is 0 Å². The summed E-state index contributed by atoms with van der Waals surface area (Å²) in [6.45, 7) is 2.71. The fraction of sp³-hybridized carbons (Fsp3) is 0.857. The molecule has 0 aromatic rings. The van der Waals surface area contributed by atoms with Crippen molar-refractivity contribution >= 4 is 11.9 Å². The second kappa shape index (κ2) is 5.69. The largest absolute Gasteiger partial charge is 0.480 e. The molecule has 0 spiro atoms. The highest BCUT2D eigenvalue weighted by atomic mass is 16.5. The van der Waals surface area contributed by atoms with Crippen LogP contribution in [0.25, 0.3) is 0 Å². The van der Waals surface area contributed by atoms with Gasteiger partial charge >= 0.3 is 5.97 Å². The first-order chi connectivity index (χ1) is 9.66. The second-order valence-corrected chi connectivity index (χ2v) is 6.09. The van der Waals surface area contributed by atoms with Crippen LogP contribution in [0.1, 0.15) is 25.7 Å². The molecule has 4 atom stereocenters. The predicted octanol–water partition coefficient (Wildman–Crippen LogP) is 0.0766. The number of carboxylic acid groups (broad SMARTS) is 1. The summed E-state index contributed by atoms with van der Waals surface area (Å²) in [6.07, 6.45) is 3.26. The lowest BCUT2D eigenvalue weighted by molar-refractivity contribution is -0.150. The molecular formula is C14H22N2O4. The van der Waals surface area contributed by atoms with Gasteiger partial charge in [0.1, 0.15) is 6.04 Å². The van der Waals surface area contributed by atoms with Gasteiger partial charge in [0.2, 0.25) is 5.91 Å². The Hall–Kier alpha value is -1.14. The van der Waals surface area contributed by atoms with Crippen LogP contribution < -0.4 is 5.32 Å². The van der Waals surface area contributed by atoms with Gasteiger partial charge in [-0.15, -0.1) is 0 Å². The summed E-state index contributed by atoms with van der Waals surface area (Å²) in [4.78, 5) is 25.5. The lowest BCUT2D eigenvalue weighted by atomic mass is 9.94. The van der Waals surface area contributed by atoms with Crippen molar-refractivity contribution < 1.29 is 19.4 Å². The predicted molar refractivity (Wildman–Crippen MR) is 71.2 cm³/mol. The van der Waals surface area contributed by atoms with Gasteiger partial charge in [0.15, 0.2) is 0 Å². The molecule has 2 heterocycles. The number of nitrogens with zero attached hydrogens (tertiary/aromatic N) is 1. The molecule has 1 saturated carbocycles. The number of morpholine rings is 1. The van der Waals surface area contributed by atoms with Gasteiger partial charge in [0.25, 0.3) is 0 Å². The molecule has 2 N–H and O–H groups in total. The highest BCUT2D eigenvalue weighted by Crippen LogP contribution is 2.42. The number of nitrogens with one attached hydrogen (secondary N) is 1. The van der Waals surface area contributed by atoms with Crippen LogP contribution in [0.4, 0.5) is 0 Å². The Labute approximate surface area is 118 Å². The van der Waals surface area contributed by atoms with E-state index in [1.54, 1.807) is 4.90 Å². The number of rotatable bonds is 3. The highest BCUT2D eigenvalue weighted by molar-refractivity contribution is 5.85. The minimum atomic E-state index is -0.851. The van der Waals surface area contributed by atoms with E-state index < -0.39 is 12.0 Å². The van der Waals surface area contributed by atoms with Crippen molar-refractivity contribution in [1.82, 2.24) is 10.2 Å². The maximum absolute atomic E-state index is 12.4. The zero-order valence-corrected chi connectivity index (χ0v) is 11.6. The molecule has 6 heteroatoms. The quantitative estimate of drug-likeness (QED) is 0.766. The normalized spacial score (nSPS) is 36.9. The first kappa shape index (κ1) is 13.8. The number of amides is 1. The molecule has 3 aliphatic rings. The summed E-state index contributed by atoms with van der Waals surface area (Å²) >= 11 is 0. The molecule has 1 amide bonds. The Morgan fingerprint density at radius 1 is 1.35 bits per heavy atom. The summed E-state index contributed by atoms with van der Waals surface area (Å²) in [6, 6.07) is -0.619. The van der Waals surface area contributed by atoms with Crippen molar-refractivity contribution in [3.8, 4) is 0 Å². The second-order valence-electron chi connectivity index (χ2n) is 6.09. The number of likely N-dealkylation sites (tertiary alicyclic amines) is 1. The number of hydrogen-bond acceptors (Lipinski definition) is 4. The number of carbonyl (C=O) groups is 2. The van der Waals surface area contributed by atoms with Gasteiger partial charge in [-0.1, -0.05) is 6.42 Å². The molecule has 112 valence electrons. The van der Waals surface area contributed by atoms with Gasteiger partial charge < -0.3 is 20.1 Å². The van der Waals surface area contributed by atoms with Gasteiger partial charge in [-0.2, -0.15) is 0 Å². The molecule has 0 bridgehead atoms. The number of ether oxygens (including phenoxy) is 1. The molecule has 6 nitrogen and oxygen atoms in total. The summed E-state index contributed by atoms with van der Waals surface area (Å²) in [7, 11) is 0. The van der Waals surface area contributed by atoms with Gasteiger partial charge in [0.05, 0.1) is 19.1 Å². The lowest BCUT2D eigenvalue weighted by Gasteiger charge is -2.28. The average molecular weight is 282 g/mol. The summed E-state index contributed by atoms with van der Waals surface area (Å²) in [5.74, 6) is -0.386. The van der Waals surface area contributed by atoms with Gasteiger partial charge in [-0.3, -0.25) is 4.79 Å². The molecule has 4 unspecified atom stereocenters. The number of carbonyl (C=O) groups excluding carboxylic acids is 1. The van der Waals surface area contributed by atoms with E-state index in [1.165, 1.54) is 0 Å². The highest BCUT2D eigenvalue weighted by Gasteiger charge is 2.49. The van der Waals surface area contributed by atoms with Crippen molar-refractivity contribution in [2.75, 3.05) is 26.2 Å². The molecular weight excluding hydrogens is 260 g/mol. The Kier molecular flexibility index (Phi) is 3.94. The summed E-state index contributed by atoms with van der Waals surface area (Å²) in [5.41, 5.74) is 0. The smallest absolute Gasteiger partial charge is 0.326 e. The van der Waals surface area contributed by atoms with Crippen LogP contribution in [0.2, 0.25) is 0 Å². The third kappa shape index (κ3) is 2.54. The lowest BCUT2D eigenvalue weighted by Crippen LogP contribution is -2.46. The van der Waals surface area contributed by atoms with Crippen LogP contribution in [-0.4, -0.2) is 60.3 Å². The van der Waals surface area contributed by atoms with E-state index in [0.29, 0.717) is 25.6 Å². The number of carboxylic acids is 1. The minimum absolute atomic E-state index is 0.0690. The van der Waals surface area contributed by atoms with Crippen LogP contribution in [0.15, 0.2) is 0 Å². The Morgan fingerprint density at radius 2 is 2.20 bits per heavy atom. The Bertz CT molecular complexity index is 395. The molecule has 20 heavy (non-hydrogen) atoms. The molecule has 1 aliphatic carbocycles. The van der Waals surface area contributed by atoms with Crippen LogP contribution in [-0.2, 0) is 14.3 Å². The molecule has 2 aliphatic heterocycles. The first-order valence-corrected chi connectivity index (χ1v) is 7.51. The molecule has 2 saturated heterocycles. The van der Waals surface area contributed by atoms with Crippen molar-refractivity contribution in [3.63, 3.8) is 0 Å². The number of fused-ring (bicyclic) bond motifs is 1. The number of hydrogen-bond donors (Lipinski definition) is 2. The molecule has 0 aromatic heterocycles. The molecule has 3 rings (SSSR count). The van der Waals surface area contributed by atoms with E-state index >= 15 is 0 Å². The first-order valence-electron chi connectivity index (χ1n) is 7.51. The number of aliphatic carboxylic acids is 1. The van der Waals surface area contributed by atoms with Gasteiger partial charge in [-0.25, -0.2) is 4.79 Å². The van der Waals surface area contributed by atoms with E-state index in [9.17, 15) is 14.7 Å². The fourth-order valence-corrected chi connectivity index (χ4v) is 3.94. The van der Waals surface area contributed by atoms with Crippen molar-refractivity contribution in [2.45, 2.75) is 37.8 Å². The summed E-state index contributed by atoms with van der Waals surface area (Å²) < 4.78 is 5.54. The molecule has 0 aromatic carbocycles. The SMILES string of the molecule is O=C(O)C1C2CCCC2CN1C(=O)CC1CNCCO1. The van der Waals surface area contributed by atoms with E-state index in [1.807, 2.05) is 0 Å². The van der Waals surface area contributed by atoms with E-state index in [2.05, 4.69) is 5.32 Å². The van der Waals surface area contributed by atoms with E-state index in [4.69, 9.17) is 4.74 Å². The van der Waals surface area contributed by atoms with Crippen LogP contribution in [0.3, 0.4) is 0 Å². The van der Waals surface area contributed by atoms with E-state index in [0.717, 1.165) is 25.8 Å². The maximum atomic E-state index is 12.4. The third-order valence-corrected chi connectivity index (χ3v) is 4.87. The zero-order chi connectivity index (χ0) is 14.1. The van der Waals surface area contributed by atoms with Crippen molar-refractivity contribution in [1.29, 1.82) is 0 Å². The van der Waals surface area contributed by atoms with Crippen molar-refractivity contribution in [2.24, 2.45) is 11.8 Å². The minimum Gasteiger partial charge on any atom is -0.480 e. The van der Waals surface area contributed by atoms with Crippen LogP contribution in [0, 0.1) is 11.8 Å². The monoisotopic (exact) mass is 282 g/mol. The Morgan fingerprint density at radius 3 is 2.90 bits per heavy atom.